The molecule has 1 aliphatic heterocycles. The van der Waals surface area contributed by atoms with Gasteiger partial charge in [0.05, 0.1) is 5.39 Å². The Bertz CT molecular complexity index is 713. The number of nitrogen functional groups attached to an aromatic ring is 1. The molecule has 1 aliphatic carbocycles. The minimum atomic E-state index is 0.536. The first kappa shape index (κ1) is 16.5. The first-order chi connectivity index (χ1) is 11.6. The Labute approximate surface area is 156 Å². The zero-order valence-electron chi connectivity index (χ0n) is 14.2. The number of anilines is 1. The minimum absolute atomic E-state index is 0.536. The van der Waals surface area contributed by atoms with Gasteiger partial charge in [-0.1, -0.05) is 0 Å². The summed E-state index contributed by atoms with van der Waals surface area (Å²) >= 11 is 2.35. The Hall–Kier alpha value is -0.930. The highest BCUT2D eigenvalue weighted by atomic mass is 127. The molecule has 2 aliphatic rings. The van der Waals surface area contributed by atoms with E-state index in [4.69, 9.17) is 5.73 Å². The molecule has 4 rings (SSSR count). The molecule has 1 saturated heterocycles. The van der Waals surface area contributed by atoms with Gasteiger partial charge in [-0.15, -0.1) is 0 Å². The van der Waals surface area contributed by atoms with E-state index in [1.165, 1.54) is 51.9 Å². The fraction of sp³-hybridized carbons (Fsp3) is 0.647. The molecule has 7 heteroatoms. The Morgan fingerprint density at radius 1 is 1.04 bits per heavy atom. The Morgan fingerprint density at radius 3 is 2.42 bits per heavy atom. The molecule has 130 valence electrons. The maximum Gasteiger partial charge on any atom is 0.146 e. The molecule has 0 aromatic carbocycles. The third-order valence-corrected chi connectivity index (χ3v) is 6.52. The van der Waals surface area contributed by atoms with Gasteiger partial charge in [-0.3, -0.25) is 4.90 Å². The second-order valence-electron chi connectivity index (χ2n) is 7.14. The van der Waals surface area contributed by atoms with Gasteiger partial charge in [-0.05, 0) is 55.3 Å². The average molecular weight is 440 g/mol. The summed E-state index contributed by atoms with van der Waals surface area (Å²) < 4.78 is 3.50. The van der Waals surface area contributed by atoms with Crippen molar-refractivity contribution in [1.82, 2.24) is 24.3 Å². The lowest BCUT2D eigenvalue weighted by atomic mass is 9.89. The number of likely N-dealkylation sites (N-methyl/N-ethyl adjacent to an activating group) is 1. The topological polar surface area (TPSA) is 63.2 Å². The summed E-state index contributed by atoms with van der Waals surface area (Å²) in [6, 6.07) is 1.30. The van der Waals surface area contributed by atoms with Crippen LogP contribution in [0.4, 0.5) is 5.82 Å². The van der Waals surface area contributed by atoms with Gasteiger partial charge in [0.1, 0.15) is 17.8 Å². The lowest BCUT2D eigenvalue weighted by molar-refractivity contribution is 0.0827. The normalized spacial score (nSPS) is 26.9. The van der Waals surface area contributed by atoms with Crippen molar-refractivity contribution in [2.75, 3.05) is 39.0 Å². The van der Waals surface area contributed by atoms with Crippen LogP contribution < -0.4 is 5.73 Å². The van der Waals surface area contributed by atoms with Crippen molar-refractivity contribution in [1.29, 1.82) is 0 Å². The van der Waals surface area contributed by atoms with Crippen LogP contribution in [-0.2, 0) is 0 Å². The number of aromatic nitrogens is 3. The Kier molecular flexibility index (Phi) is 4.66. The van der Waals surface area contributed by atoms with Crippen LogP contribution in [0.15, 0.2) is 12.5 Å². The molecule has 0 amide bonds. The average Bonchev–Trinajstić information content (AvgIpc) is 2.94. The minimum Gasteiger partial charge on any atom is -0.383 e. The van der Waals surface area contributed by atoms with Gasteiger partial charge < -0.3 is 15.2 Å². The number of nitrogens with two attached hydrogens (primary N) is 1. The molecule has 6 nitrogen and oxygen atoms in total. The van der Waals surface area contributed by atoms with Gasteiger partial charge in [0.15, 0.2) is 0 Å². The molecule has 0 radical (unpaired) electrons. The van der Waals surface area contributed by atoms with Crippen LogP contribution in [0.25, 0.3) is 11.0 Å². The molecule has 2 N–H and O–H groups in total. The van der Waals surface area contributed by atoms with Crippen molar-refractivity contribution in [2.24, 2.45) is 0 Å². The van der Waals surface area contributed by atoms with Crippen molar-refractivity contribution in [3.05, 3.63) is 16.1 Å². The van der Waals surface area contributed by atoms with Crippen molar-refractivity contribution in [3.8, 4) is 0 Å². The number of rotatable bonds is 2. The van der Waals surface area contributed by atoms with Crippen LogP contribution in [0.3, 0.4) is 0 Å². The number of fused-ring (bicyclic) bond motifs is 1. The number of hydrogen-bond donors (Lipinski definition) is 1. The van der Waals surface area contributed by atoms with Gasteiger partial charge in [0.25, 0.3) is 0 Å². The predicted molar refractivity (Wildman–Crippen MR) is 105 cm³/mol. The maximum atomic E-state index is 6.05. The van der Waals surface area contributed by atoms with Gasteiger partial charge in [0, 0.05) is 48.0 Å². The van der Waals surface area contributed by atoms with E-state index in [2.05, 4.69) is 60.2 Å². The van der Waals surface area contributed by atoms with E-state index in [0.29, 0.717) is 11.9 Å². The molecule has 0 atom stereocenters. The zero-order chi connectivity index (χ0) is 16.7. The van der Waals surface area contributed by atoms with Crippen molar-refractivity contribution in [2.45, 2.75) is 37.8 Å². The monoisotopic (exact) mass is 440 g/mol. The van der Waals surface area contributed by atoms with Crippen LogP contribution >= 0.6 is 22.6 Å². The summed E-state index contributed by atoms with van der Waals surface area (Å²) in [6.45, 7) is 4.85. The van der Waals surface area contributed by atoms with Gasteiger partial charge in [-0.2, -0.15) is 0 Å². The van der Waals surface area contributed by atoms with Crippen molar-refractivity contribution in [3.63, 3.8) is 0 Å². The predicted octanol–water partition coefficient (Wildman–Crippen LogP) is 2.35. The molecule has 0 unspecified atom stereocenters. The molecular formula is C17H25IN6. The van der Waals surface area contributed by atoms with Crippen LogP contribution in [0.5, 0.6) is 0 Å². The summed E-state index contributed by atoms with van der Waals surface area (Å²) in [5.74, 6) is 0.592. The van der Waals surface area contributed by atoms with Gasteiger partial charge in [-0.25, -0.2) is 9.97 Å². The van der Waals surface area contributed by atoms with Crippen LogP contribution in [0.2, 0.25) is 0 Å². The highest BCUT2D eigenvalue weighted by Gasteiger charge is 2.29. The molecule has 2 aromatic rings. The first-order valence-electron chi connectivity index (χ1n) is 8.82. The standard InChI is InChI=1S/C17H25IN6/c1-22-6-8-23(9-7-22)12-2-4-13(5-3-12)24-10-14(18)15-16(19)20-11-21-17(15)24/h10-13H,2-9H2,1H3,(H2,19,20,21)/t12-,13+. The van der Waals surface area contributed by atoms with Gasteiger partial charge >= 0.3 is 0 Å². The molecule has 0 bridgehead atoms. The Morgan fingerprint density at radius 2 is 1.71 bits per heavy atom. The molecule has 2 aromatic heterocycles. The smallest absolute Gasteiger partial charge is 0.146 e. The molecule has 0 spiro atoms. The van der Waals surface area contributed by atoms with Crippen LogP contribution in [0, 0.1) is 3.57 Å². The molecule has 3 heterocycles. The fourth-order valence-electron chi connectivity index (χ4n) is 4.23. The van der Waals surface area contributed by atoms with E-state index in [9.17, 15) is 0 Å². The fourth-order valence-corrected chi connectivity index (χ4v) is 5.05. The third kappa shape index (κ3) is 3.01. The first-order valence-corrected chi connectivity index (χ1v) is 9.90. The summed E-state index contributed by atoms with van der Waals surface area (Å²) in [7, 11) is 2.22. The number of nitrogens with zero attached hydrogens (tertiary/aromatic N) is 5. The van der Waals surface area contributed by atoms with E-state index in [0.717, 1.165) is 20.6 Å². The molecule has 1 saturated carbocycles. The highest BCUT2D eigenvalue weighted by Crippen LogP contribution is 2.35. The number of halogens is 1. The summed E-state index contributed by atoms with van der Waals surface area (Å²) in [5.41, 5.74) is 7.05. The van der Waals surface area contributed by atoms with E-state index in [1.807, 2.05) is 0 Å². The number of hydrogen-bond acceptors (Lipinski definition) is 5. The van der Waals surface area contributed by atoms with E-state index in [-0.39, 0.29) is 0 Å². The van der Waals surface area contributed by atoms with Gasteiger partial charge in [0.2, 0.25) is 0 Å². The summed E-state index contributed by atoms with van der Waals surface area (Å²) in [4.78, 5) is 13.8. The number of piperazine rings is 1. The molecular weight excluding hydrogens is 415 g/mol. The maximum absolute atomic E-state index is 6.05. The molecule has 2 fully saturated rings. The lowest BCUT2D eigenvalue weighted by Gasteiger charge is -2.41. The summed E-state index contributed by atoms with van der Waals surface area (Å²) in [6.07, 6.45) is 8.80. The van der Waals surface area contributed by atoms with Crippen molar-refractivity contribution < 1.29 is 0 Å². The SMILES string of the molecule is CN1CCN([C@H]2CC[C@@H](n3cc(I)c4c(N)ncnc43)CC2)CC1. The second kappa shape index (κ2) is 6.76. The summed E-state index contributed by atoms with van der Waals surface area (Å²) in [5, 5.41) is 1.01. The molecule has 24 heavy (non-hydrogen) atoms. The second-order valence-corrected chi connectivity index (χ2v) is 8.31. The van der Waals surface area contributed by atoms with E-state index >= 15 is 0 Å². The van der Waals surface area contributed by atoms with E-state index in [1.54, 1.807) is 6.33 Å². The highest BCUT2D eigenvalue weighted by molar-refractivity contribution is 14.1. The Balaban J connectivity index is 1.47. The van der Waals surface area contributed by atoms with Crippen LogP contribution in [-0.4, -0.2) is 63.6 Å². The quantitative estimate of drug-likeness (QED) is 0.727. The third-order valence-electron chi connectivity index (χ3n) is 5.71. The van der Waals surface area contributed by atoms with E-state index < -0.39 is 0 Å². The van der Waals surface area contributed by atoms with Crippen molar-refractivity contribution >= 4 is 39.4 Å². The van der Waals surface area contributed by atoms with Crippen LogP contribution in [0.1, 0.15) is 31.7 Å². The largest absolute Gasteiger partial charge is 0.383 e. The lowest BCUT2D eigenvalue weighted by Crippen LogP contribution is -2.49. The zero-order valence-corrected chi connectivity index (χ0v) is 16.3.